The van der Waals surface area contributed by atoms with Crippen LogP contribution in [0.3, 0.4) is 0 Å². The molecule has 6 heteroatoms. The number of carbonyl (C=O) groups excluding carboxylic acids is 1. The molecule has 1 N–H and O–H groups in total. The molecule has 1 aromatic carbocycles. The predicted molar refractivity (Wildman–Crippen MR) is 96.8 cm³/mol. The summed E-state index contributed by atoms with van der Waals surface area (Å²) in [5.74, 6) is -0.135. The van der Waals surface area contributed by atoms with E-state index >= 15 is 0 Å². The van der Waals surface area contributed by atoms with Crippen LogP contribution in [0.15, 0.2) is 51.8 Å². The molecule has 128 valence electrons. The summed E-state index contributed by atoms with van der Waals surface area (Å²) in [6, 6.07) is 10.7. The first-order chi connectivity index (χ1) is 12.0. The van der Waals surface area contributed by atoms with Crippen molar-refractivity contribution in [3.63, 3.8) is 0 Å². The number of amides is 1. The van der Waals surface area contributed by atoms with E-state index in [0.29, 0.717) is 17.0 Å². The lowest BCUT2D eigenvalue weighted by Gasteiger charge is -2.10. The first-order valence-electron chi connectivity index (χ1n) is 7.89. The van der Waals surface area contributed by atoms with Crippen LogP contribution in [0.1, 0.15) is 21.5 Å². The van der Waals surface area contributed by atoms with Gasteiger partial charge in [-0.15, -0.1) is 0 Å². The van der Waals surface area contributed by atoms with Gasteiger partial charge in [-0.05, 0) is 44.3 Å². The second-order valence-corrected chi connectivity index (χ2v) is 6.13. The third-order valence-corrected chi connectivity index (χ3v) is 3.87. The summed E-state index contributed by atoms with van der Waals surface area (Å²) >= 11 is 0. The molecule has 0 radical (unpaired) electrons. The number of aromatic nitrogens is 1. The number of fused-ring (bicyclic) bond motifs is 1. The summed E-state index contributed by atoms with van der Waals surface area (Å²) in [4.78, 5) is 31.0. The molecule has 0 saturated carbocycles. The summed E-state index contributed by atoms with van der Waals surface area (Å²) in [5, 5.41) is 3.40. The normalized spacial score (nSPS) is 11.0. The molecule has 0 spiro atoms. The molecule has 0 aliphatic rings. The largest absolute Gasteiger partial charge is 0.422 e. The molecule has 2 aromatic heterocycles. The molecule has 3 rings (SSSR count). The number of hydrogen-bond acceptors (Lipinski definition) is 5. The van der Waals surface area contributed by atoms with E-state index in [0.717, 1.165) is 17.5 Å². The lowest BCUT2D eigenvalue weighted by molar-refractivity contribution is 0.102. The van der Waals surface area contributed by atoms with Crippen LogP contribution in [0, 0.1) is 6.92 Å². The van der Waals surface area contributed by atoms with Crippen molar-refractivity contribution in [2.75, 3.05) is 19.4 Å². The first kappa shape index (κ1) is 16.9. The molecule has 0 unspecified atom stereocenters. The van der Waals surface area contributed by atoms with Gasteiger partial charge < -0.3 is 14.6 Å². The number of hydrogen-bond donors (Lipinski definition) is 1. The van der Waals surface area contributed by atoms with Crippen molar-refractivity contribution in [3.8, 4) is 0 Å². The Kier molecular flexibility index (Phi) is 4.63. The zero-order valence-corrected chi connectivity index (χ0v) is 14.4. The topological polar surface area (TPSA) is 75.4 Å². The van der Waals surface area contributed by atoms with Gasteiger partial charge in [0, 0.05) is 18.1 Å². The van der Waals surface area contributed by atoms with Crippen LogP contribution >= 0.6 is 0 Å². The summed E-state index contributed by atoms with van der Waals surface area (Å²) < 4.78 is 5.25. The standard InChI is InChI=1S/C19H19N3O3/c1-12-14-6-4-5-7-15(14)25-19(24)17(12)18(23)21-16-9-8-13(10-20-16)11-22(2)3/h4-10H,11H2,1-3H3,(H,20,21,23). The van der Waals surface area contributed by atoms with Crippen molar-refractivity contribution in [2.45, 2.75) is 13.5 Å². The fourth-order valence-corrected chi connectivity index (χ4v) is 2.70. The number of pyridine rings is 1. The van der Waals surface area contributed by atoms with Gasteiger partial charge in [-0.2, -0.15) is 0 Å². The lowest BCUT2D eigenvalue weighted by atomic mass is 10.1. The molecular weight excluding hydrogens is 318 g/mol. The van der Waals surface area contributed by atoms with E-state index < -0.39 is 11.5 Å². The van der Waals surface area contributed by atoms with Crippen LogP contribution in [0.2, 0.25) is 0 Å². The quantitative estimate of drug-likeness (QED) is 0.741. The van der Waals surface area contributed by atoms with E-state index in [1.54, 1.807) is 31.3 Å². The van der Waals surface area contributed by atoms with Crippen molar-refractivity contribution in [2.24, 2.45) is 0 Å². The van der Waals surface area contributed by atoms with E-state index in [4.69, 9.17) is 4.42 Å². The van der Waals surface area contributed by atoms with Crippen molar-refractivity contribution in [3.05, 3.63) is 69.7 Å². The van der Waals surface area contributed by atoms with Crippen LogP contribution in [0.25, 0.3) is 11.0 Å². The molecule has 25 heavy (non-hydrogen) atoms. The highest BCUT2D eigenvalue weighted by Gasteiger charge is 2.18. The molecule has 3 aromatic rings. The zero-order chi connectivity index (χ0) is 18.0. The first-order valence-corrected chi connectivity index (χ1v) is 7.89. The highest BCUT2D eigenvalue weighted by molar-refractivity contribution is 6.06. The highest BCUT2D eigenvalue weighted by atomic mass is 16.4. The minimum Gasteiger partial charge on any atom is -0.422 e. The number of carbonyl (C=O) groups is 1. The number of benzene rings is 1. The smallest absolute Gasteiger partial charge is 0.349 e. The summed E-state index contributed by atoms with van der Waals surface area (Å²) in [5.41, 5.74) is 1.43. The Morgan fingerprint density at radius 2 is 1.96 bits per heavy atom. The predicted octanol–water partition coefficient (Wildman–Crippen LogP) is 2.81. The maximum atomic E-state index is 12.5. The zero-order valence-electron chi connectivity index (χ0n) is 14.4. The molecular formula is C19H19N3O3. The molecule has 1 amide bonds. The maximum absolute atomic E-state index is 12.5. The Hall–Kier alpha value is -2.99. The van der Waals surface area contributed by atoms with Gasteiger partial charge in [-0.1, -0.05) is 24.3 Å². The van der Waals surface area contributed by atoms with Gasteiger partial charge in [0.2, 0.25) is 0 Å². The third-order valence-electron chi connectivity index (χ3n) is 3.87. The van der Waals surface area contributed by atoms with Crippen molar-refractivity contribution in [1.29, 1.82) is 0 Å². The average molecular weight is 337 g/mol. The number of para-hydroxylation sites is 1. The number of nitrogens with zero attached hydrogens (tertiary/aromatic N) is 2. The van der Waals surface area contributed by atoms with E-state index in [-0.39, 0.29) is 5.56 Å². The van der Waals surface area contributed by atoms with Gasteiger partial charge in [0.1, 0.15) is 17.0 Å². The van der Waals surface area contributed by atoms with Crippen molar-refractivity contribution >= 4 is 22.7 Å². The van der Waals surface area contributed by atoms with E-state index in [2.05, 4.69) is 10.3 Å². The van der Waals surface area contributed by atoms with Gasteiger partial charge in [0.15, 0.2) is 0 Å². The second kappa shape index (κ2) is 6.86. The maximum Gasteiger partial charge on any atom is 0.349 e. The number of nitrogens with one attached hydrogen (secondary N) is 1. The van der Waals surface area contributed by atoms with E-state index in [1.165, 1.54) is 0 Å². The summed E-state index contributed by atoms with van der Waals surface area (Å²) in [6.07, 6.45) is 1.70. The summed E-state index contributed by atoms with van der Waals surface area (Å²) in [6.45, 7) is 2.50. The lowest BCUT2D eigenvalue weighted by Crippen LogP contribution is -2.23. The molecule has 0 aliphatic heterocycles. The Balaban J connectivity index is 1.89. The molecule has 0 saturated heterocycles. The highest BCUT2D eigenvalue weighted by Crippen LogP contribution is 2.19. The van der Waals surface area contributed by atoms with Crippen molar-refractivity contribution in [1.82, 2.24) is 9.88 Å². The molecule has 2 heterocycles. The van der Waals surface area contributed by atoms with Crippen molar-refractivity contribution < 1.29 is 9.21 Å². The number of rotatable bonds is 4. The Labute approximate surface area is 145 Å². The van der Waals surface area contributed by atoms with Crippen LogP contribution < -0.4 is 10.9 Å². The Bertz CT molecular complexity index is 975. The van der Waals surface area contributed by atoms with Crippen LogP contribution in [-0.4, -0.2) is 29.9 Å². The molecule has 0 bridgehead atoms. The second-order valence-electron chi connectivity index (χ2n) is 6.13. The average Bonchev–Trinajstić information content (AvgIpc) is 2.56. The monoisotopic (exact) mass is 337 g/mol. The fourth-order valence-electron chi connectivity index (χ4n) is 2.70. The number of anilines is 1. The van der Waals surface area contributed by atoms with Crippen LogP contribution in [0.4, 0.5) is 5.82 Å². The minimum absolute atomic E-state index is 0.00197. The number of aryl methyl sites for hydroxylation is 1. The SMILES string of the molecule is Cc1c(C(=O)Nc2ccc(CN(C)C)cn2)c(=O)oc2ccccc12. The minimum atomic E-state index is -0.655. The van der Waals surface area contributed by atoms with Gasteiger partial charge in [-0.3, -0.25) is 4.79 Å². The fraction of sp³-hybridized carbons (Fsp3) is 0.211. The van der Waals surface area contributed by atoms with Gasteiger partial charge >= 0.3 is 5.63 Å². The van der Waals surface area contributed by atoms with Gasteiger partial charge in [0.25, 0.3) is 5.91 Å². The molecule has 0 fully saturated rings. The van der Waals surface area contributed by atoms with Crippen LogP contribution in [0.5, 0.6) is 0 Å². The molecule has 0 atom stereocenters. The third kappa shape index (κ3) is 3.59. The molecule has 6 nitrogen and oxygen atoms in total. The summed E-state index contributed by atoms with van der Waals surface area (Å²) in [7, 11) is 3.94. The Morgan fingerprint density at radius 3 is 2.64 bits per heavy atom. The van der Waals surface area contributed by atoms with Gasteiger partial charge in [0.05, 0.1) is 0 Å². The van der Waals surface area contributed by atoms with E-state index in [9.17, 15) is 9.59 Å². The Morgan fingerprint density at radius 1 is 1.20 bits per heavy atom. The van der Waals surface area contributed by atoms with E-state index in [1.807, 2.05) is 37.2 Å². The molecule has 0 aliphatic carbocycles. The van der Waals surface area contributed by atoms with Crippen LogP contribution in [-0.2, 0) is 6.54 Å². The van der Waals surface area contributed by atoms with Gasteiger partial charge in [-0.25, -0.2) is 9.78 Å².